The lowest BCUT2D eigenvalue weighted by Crippen LogP contribution is -2.15. The van der Waals surface area contributed by atoms with E-state index < -0.39 is 0 Å². The molecular formula is C15H20N4O. The number of ether oxygens (including phenoxy) is 1. The molecule has 1 fully saturated rings. The molecule has 1 aliphatic rings. The number of rotatable bonds is 6. The number of pyridine rings is 1. The van der Waals surface area contributed by atoms with E-state index in [4.69, 9.17) is 4.74 Å². The highest BCUT2D eigenvalue weighted by Gasteiger charge is 2.20. The van der Waals surface area contributed by atoms with Gasteiger partial charge in [-0.05, 0) is 32.8 Å². The SMILES string of the molecule is CC(C)n1cc(Oc2cnccc2CNC2CC2)cn1. The molecule has 1 N–H and O–H groups in total. The van der Waals surface area contributed by atoms with Crippen LogP contribution >= 0.6 is 0 Å². The van der Waals surface area contributed by atoms with Gasteiger partial charge in [0, 0.05) is 30.4 Å². The van der Waals surface area contributed by atoms with E-state index in [1.165, 1.54) is 12.8 Å². The van der Waals surface area contributed by atoms with Crippen molar-refractivity contribution in [2.24, 2.45) is 0 Å². The third-order valence-electron chi connectivity index (χ3n) is 3.36. The zero-order chi connectivity index (χ0) is 13.9. The van der Waals surface area contributed by atoms with E-state index in [1.807, 2.05) is 16.9 Å². The molecule has 5 heteroatoms. The van der Waals surface area contributed by atoms with Crippen LogP contribution in [0, 0.1) is 0 Å². The molecule has 0 bridgehead atoms. The van der Waals surface area contributed by atoms with Crippen LogP contribution in [0.3, 0.4) is 0 Å². The van der Waals surface area contributed by atoms with Gasteiger partial charge < -0.3 is 10.1 Å². The Morgan fingerprint density at radius 1 is 1.40 bits per heavy atom. The molecule has 0 radical (unpaired) electrons. The second-order valence-electron chi connectivity index (χ2n) is 5.49. The summed E-state index contributed by atoms with van der Waals surface area (Å²) in [5.74, 6) is 1.54. The van der Waals surface area contributed by atoms with Crippen molar-refractivity contribution in [2.45, 2.75) is 45.3 Å². The third kappa shape index (κ3) is 3.17. The van der Waals surface area contributed by atoms with Crippen LogP contribution in [0.5, 0.6) is 11.5 Å². The van der Waals surface area contributed by atoms with Crippen molar-refractivity contribution in [3.05, 3.63) is 36.4 Å². The Balaban J connectivity index is 1.71. The molecule has 1 saturated carbocycles. The van der Waals surface area contributed by atoms with E-state index in [0.29, 0.717) is 12.1 Å². The molecule has 0 unspecified atom stereocenters. The first-order chi connectivity index (χ1) is 9.72. The van der Waals surface area contributed by atoms with E-state index >= 15 is 0 Å². The lowest BCUT2D eigenvalue weighted by molar-refractivity contribution is 0.465. The van der Waals surface area contributed by atoms with Crippen LogP contribution in [0.15, 0.2) is 30.9 Å². The fraction of sp³-hybridized carbons (Fsp3) is 0.467. The van der Waals surface area contributed by atoms with E-state index in [9.17, 15) is 0 Å². The Kier molecular flexibility index (Phi) is 3.69. The van der Waals surface area contributed by atoms with Crippen molar-refractivity contribution in [1.29, 1.82) is 0 Å². The van der Waals surface area contributed by atoms with Crippen LogP contribution in [0.4, 0.5) is 0 Å². The molecule has 0 aliphatic heterocycles. The summed E-state index contributed by atoms with van der Waals surface area (Å²) < 4.78 is 7.79. The smallest absolute Gasteiger partial charge is 0.165 e. The predicted molar refractivity (Wildman–Crippen MR) is 76.8 cm³/mol. The molecule has 5 nitrogen and oxygen atoms in total. The van der Waals surface area contributed by atoms with Gasteiger partial charge in [-0.1, -0.05) is 0 Å². The van der Waals surface area contributed by atoms with Gasteiger partial charge in [0.05, 0.1) is 18.6 Å². The first-order valence-electron chi connectivity index (χ1n) is 7.10. The minimum atomic E-state index is 0.331. The first-order valence-corrected chi connectivity index (χ1v) is 7.10. The molecule has 2 heterocycles. The van der Waals surface area contributed by atoms with Crippen molar-refractivity contribution in [3.63, 3.8) is 0 Å². The Hall–Kier alpha value is -1.88. The number of nitrogens with zero attached hydrogens (tertiary/aromatic N) is 3. The number of nitrogens with one attached hydrogen (secondary N) is 1. The maximum absolute atomic E-state index is 5.91. The van der Waals surface area contributed by atoms with Crippen LogP contribution in [-0.2, 0) is 6.54 Å². The van der Waals surface area contributed by atoms with Crippen LogP contribution < -0.4 is 10.1 Å². The molecule has 106 valence electrons. The quantitative estimate of drug-likeness (QED) is 0.878. The summed E-state index contributed by atoms with van der Waals surface area (Å²) in [5, 5.41) is 7.78. The van der Waals surface area contributed by atoms with E-state index in [2.05, 4.69) is 29.2 Å². The minimum Gasteiger partial charge on any atom is -0.452 e. The Morgan fingerprint density at radius 3 is 2.95 bits per heavy atom. The highest BCUT2D eigenvalue weighted by atomic mass is 16.5. The first kappa shape index (κ1) is 13.1. The third-order valence-corrected chi connectivity index (χ3v) is 3.36. The summed E-state index contributed by atoms with van der Waals surface area (Å²) in [7, 11) is 0. The van der Waals surface area contributed by atoms with Crippen molar-refractivity contribution < 1.29 is 4.74 Å². The van der Waals surface area contributed by atoms with Gasteiger partial charge >= 0.3 is 0 Å². The maximum atomic E-state index is 5.91. The van der Waals surface area contributed by atoms with Gasteiger partial charge in [0.15, 0.2) is 5.75 Å². The van der Waals surface area contributed by atoms with Crippen molar-refractivity contribution in [2.75, 3.05) is 0 Å². The van der Waals surface area contributed by atoms with Crippen LogP contribution in [0.25, 0.3) is 0 Å². The summed E-state index contributed by atoms with van der Waals surface area (Å²) in [5.41, 5.74) is 1.13. The number of hydrogen-bond donors (Lipinski definition) is 1. The predicted octanol–water partition coefficient (Wildman–Crippen LogP) is 2.90. The van der Waals surface area contributed by atoms with Crippen molar-refractivity contribution in [1.82, 2.24) is 20.1 Å². The van der Waals surface area contributed by atoms with E-state index in [-0.39, 0.29) is 0 Å². The minimum absolute atomic E-state index is 0.331. The molecule has 2 aromatic rings. The van der Waals surface area contributed by atoms with Gasteiger partial charge in [0.1, 0.15) is 5.75 Å². The van der Waals surface area contributed by atoms with Gasteiger partial charge in [-0.25, -0.2) is 0 Å². The topological polar surface area (TPSA) is 52.0 Å². The van der Waals surface area contributed by atoms with Gasteiger partial charge in [-0.15, -0.1) is 0 Å². The average Bonchev–Trinajstić information content (AvgIpc) is 3.15. The summed E-state index contributed by atoms with van der Waals surface area (Å²) >= 11 is 0. The van der Waals surface area contributed by atoms with Crippen LogP contribution in [-0.4, -0.2) is 20.8 Å². The molecule has 20 heavy (non-hydrogen) atoms. The summed E-state index contributed by atoms with van der Waals surface area (Å²) in [6.07, 6.45) is 9.77. The highest BCUT2D eigenvalue weighted by molar-refractivity contribution is 5.34. The molecule has 0 saturated heterocycles. The zero-order valence-electron chi connectivity index (χ0n) is 11.9. The molecule has 0 aromatic carbocycles. The molecule has 1 aliphatic carbocycles. The van der Waals surface area contributed by atoms with Crippen molar-refractivity contribution in [3.8, 4) is 11.5 Å². The number of aromatic nitrogens is 3. The van der Waals surface area contributed by atoms with Crippen LogP contribution in [0.2, 0.25) is 0 Å². The molecule has 2 aromatic heterocycles. The van der Waals surface area contributed by atoms with Gasteiger partial charge in [-0.2, -0.15) is 5.10 Å². The normalized spacial score (nSPS) is 14.8. The molecule has 0 amide bonds. The van der Waals surface area contributed by atoms with Gasteiger partial charge in [0.2, 0.25) is 0 Å². The molecule has 3 rings (SSSR count). The second-order valence-corrected chi connectivity index (χ2v) is 5.49. The maximum Gasteiger partial charge on any atom is 0.165 e. The Labute approximate surface area is 119 Å². The highest BCUT2D eigenvalue weighted by Crippen LogP contribution is 2.26. The fourth-order valence-electron chi connectivity index (χ4n) is 1.97. The number of hydrogen-bond acceptors (Lipinski definition) is 4. The van der Waals surface area contributed by atoms with Gasteiger partial charge in [-0.3, -0.25) is 9.67 Å². The Morgan fingerprint density at radius 2 is 2.25 bits per heavy atom. The monoisotopic (exact) mass is 272 g/mol. The average molecular weight is 272 g/mol. The molecule has 0 spiro atoms. The fourth-order valence-corrected chi connectivity index (χ4v) is 1.97. The molecule has 0 atom stereocenters. The standard InChI is InChI=1S/C15H20N4O/c1-11(2)19-10-14(8-18-19)20-15-9-16-6-5-12(15)7-17-13-3-4-13/h5-6,8-11,13,17H,3-4,7H2,1-2H3. The van der Waals surface area contributed by atoms with E-state index in [1.54, 1.807) is 18.6 Å². The van der Waals surface area contributed by atoms with E-state index in [0.717, 1.165) is 23.6 Å². The largest absolute Gasteiger partial charge is 0.452 e. The lowest BCUT2D eigenvalue weighted by Gasteiger charge is -2.09. The molecular weight excluding hydrogens is 252 g/mol. The summed E-state index contributed by atoms with van der Waals surface area (Å²) in [6.45, 7) is 5.00. The summed E-state index contributed by atoms with van der Waals surface area (Å²) in [6, 6.07) is 3.01. The second kappa shape index (κ2) is 5.63. The summed E-state index contributed by atoms with van der Waals surface area (Å²) in [4.78, 5) is 4.15. The zero-order valence-corrected chi connectivity index (χ0v) is 11.9. The van der Waals surface area contributed by atoms with Gasteiger partial charge in [0.25, 0.3) is 0 Å². The van der Waals surface area contributed by atoms with Crippen molar-refractivity contribution >= 4 is 0 Å². The lowest BCUT2D eigenvalue weighted by atomic mass is 10.2. The van der Waals surface area contributed by atoms with Crippen LogP contribution in [0.1, 0.15) is 38.3 Å². The Bertz CT molecular complexity index is 575.